The molecule has 1 aromatic rings. The predicted molar refractivity (Wildman–Crippen MR) is 52.8 cm³/mol. The first-order valence-electron chi connectivity index (χ1n) is 4.02. The number of halogens is 1. The third-order valence-electron chi connectivity index (χ3n) is 1.80. The molecule has 3 nitrogen and oxygen atoms in total. The highest BCUT2D eigenvalue weighted by Gasteiger charge is 2.07. The van der Waals surface area contributed by atoms with E-state index in [1.54, 1.807) is 12.1 Å². The molecule has 0 atom stereocenters. The van der Waals surface area contributed by atoms with Gasteiger partial charge in [0.2, 0.25) is 0 Å². The van der Waals surface area contributed by atoms with Crippen molar-refractivity contribution in [2.24, 2.45) is 0 Å². The zero-order valence-electron chi connectivity index (χ0n) is 7.58. The quantitative estimate of drug-likeness (QED) is 0.782. The molecule has 14 heavy (non-hydrogen) atoms. The van der Waals surface area contributed by atoms with E-state index in [1.807, 2.05) is 0 Å². The fraction of sp³-hybridized carbons (Fsp3) is 0.200. The Bertz CT molecular complexity index is 385. The Morgan fingerprint density at radius 3 is 2.50 bits per heavy atom. The fourth-order valence-electron chi connectivity index (χ4n) is 1.07. The highest BCUT2D eigenvalue weighted by atomic mass is 35.5. The minimum absolute atomic E-state index is 0.0891. The highest BCUT2D eigenvalue weighted by molar-refractivity contribution is 6.31. The van der Waals surface area contributed by atoms with E-state index in [9.17, 15) is 9.59 Å². The van der Waals surface area contributed by atoms with Crippen LogP contribution in [0.2, 0.25) is 5.02 Å². The monoisotopic (exact) mass is 212 g/mol. The number of hydrogen-bond donors (Lipinski definition) is 1. The molecular formula is C10H9ClO3. The van der Waals surface area contributed by atoms with Crippen molar-refractivity contribution in [2.45, 2.75) is 13.3 Å². The molecule has 0 amide bonds. The average molecular weight is 213 g/mol. The summed E-state index contributed by atoms with van der Waals surface area (Å²) >= 11 is 5.80. The summed E-state index contributed by atoms with van der Waals surface area (Å²) in [5, 5.41) is 8.86. The van der Waals surface area contributed by atoms with Crippen LogP contribution in [0.5, 0.6) is 0 Å². The molecule has 0 saturated carbocycles. The van der Waals surface area contributed by atoms with E-state index < -0.39 is 5.97 Å². The Kier molecular flexibility index (Phi) is 3.25. The first-order chi connectivity index (χ1) is 6.50. The number of carboxylic acids is 1. The maximum atomic E-state index is 11.0. The third-order valence-corrected chi connectivity index (χ3v) is 2.15. The van der Waals surface area contributed by atoms with Crippen LogP contribution in [-0.2, 0) is 11.2 Å². The lowest BCUT2D eigenvalue weighted by molar-refractivity contribution is -0.136. The number of rotatable bonds is 3. The number of Topliss-reactive ketones (excluding diaryl/α,β-unsaturated/α-hetero) is 1. The van der Waals surface area contributed by atoms with Gasteiger partial charge in [-0.25, -0.2) is 0 Å². The Hall–Kier alpha value is -1.35. The van der Waals surface area contributed by atoms with Gasteiger partial charge in [-0.3, -0.25) is 9.59 Å². The standard InChI is InChI=1S/C10H9ClO3/c1-6(12)7-2-3-8(5-10(13)14)9(11)4-7/h2-4H,5H2,1H3,(H,13,14). The van der Waals surface area contributed by atoms with Crippen LogP contribution in [-0.4, -0.2) is 16.9 Å². The summed E-state index contributed by atoms with van der Waals surface area (Å²) in [5.41, 5.74) is 1.01. The second-order valence-electron chi connectivity index (χ2n) is 2.93. The maximum absolute atomic E-state index is 11.0. The van der Waals surface area contributed by atoms with Crippen LogP contribution >= 0.6 is 11.6 Å². The molecule has 0 aromatic heterocycles. The fourth-order valence-corrected chi connectivity index (χ4v) is 1.32. The minimum atomic E-state index is -0.942. The Morgan fingerprint density at radius 2 is 2.07 bits per heavy atom. The number of carboxylic acid groups (broad SMARTS) is 1. The van der Waals surface area contributed by atoms with Crippen molar-refractivity contribution >= 4 is 23.4 Å². The summed E-state index contributed by atoms with van der Waals surface area (Å²) in [6.07, 6.45) is -0.128. The Morgan fingerprint density at radius 1 is 1.43 bits per heavy atom. The van der Waals surface area contributed by atoms with Crippen LogP contribution in [0.3, 0.4) is 0 Å². The second-order valence-corrected chi connectivity index (χ2v) is 3.34. The van der Waals surface area contributed by atoms with Gasteiger partial charge < -0.3 is 5.11 Å². The lowest BCUT2D eigenvalue weighted by atomic mass is 10.1. The van der Waals surface area contributed by atoms with E-state index in [-0.39, 0.29) is 12.2 Å². The first-order valence-corrected chi connectivity index (χ1v) is 4.39. The van der Waals surface area contributed by atoms with Crippen LogP contribution in [0.15, 0.2) is 18.2 Å². The van der Waals surface area contributed by atoms with Crippen molar-refractivity contribution in [1.29, 1.82) is 0 Å². The molecule has 0 spiro atoms. The minimum Gasteiger partial charge on any atom is -0.481 e. The van der Waals surface area contributed by atoms with E-state index in [0.29, 0.717) is 16.1 Å². The molecule has 0 radical (unpaired) electrons. The molecule has 74 valence electrons. The predicted octanol–water partition coefficient (Wildman–Crippen LogP) is 2.17. The van der Waals surface area contributed by atoms with E-state index >= 15 is 0 Å². The van der Waals surface area contributed by atoms with Gasteiger partial charge in [-0.05, 0) is 18.6 Å². The average Bonchev–Trinajstić information content (AvgIpc) is 2.07. The smallest absolute Gasteiger partial charge is 0.307 e. The van der Waals surface area contributed by atoms with Gasteiger partial charge in [-0.2, -0.15) is 0 Å². The number of ketones is 1. The molecule has 0 aliphatic carbocycles. The largest absolute Gasteiger partial charge is 0.481 e. The zero-order chi connectivity index (χ0) is 10.7. The molecule has 0 aliphatic rings. The number of benzene rings is 1. The van der Waals surface area contributed by atoms with Crippen LogP contribution in [0.4, 0.5) is 0 Å². The number of hydrogen-bond acceptors (Lipinski definition) is 2. The summed E-state index contributed by atoms with van der Waals surface area (Å²) in [6.45, 7) is 1.43. The van der Waals surface area contributed by atoms with E-state index in [2.05, 4.69) is 0 Å². The highest BCUT2D eigenvalue weighted by Crippen LogP contribution is 2.18. The molecular weight excluding hydrogens is 204 g/mol. The molecule has 4 heteroatoms. The number of carbonyl (C=O) groups excluding carboxylic acids is 1. The van der Waals surface area contributed by atoms with Crippen LogP contribution < -0.4 is 0 Å². The van der Waals surface area contributed by atoms with E-state index in [0.717, 1.165) is 0 Å². The van der Waals surface area contributed by atoms with Gasteiger partial charge in [-0.1, -0.05) is 23.7 Å². The van der Waals surface area contributed by atoms with Gasteiger partial charge in [0.25, 0.3) is 0 Å². The van der Waals surface area contributed by atoms with Gasteiger partial charge in [0.1, 0.15) is 0 Å². The lowest BCUT2D eigenvalue weighted by Gasteiger charge is -2.02. The van der Waals surface area contributed by atoms with Crippen molar-refractivity contribution in [1.82, 2.24) is 0 Å². The van der Waals surface area contributed by atoms with Gasteiger partial charge in [-0.15, -0.1) is 0 Å². The van der Waals surface area contributed by atoms with Gasteiger partial charge in [0.15, 0.2) is 5.78 Å². The van der Waals surface area contributed by atoms with Crippen LogP contribution in [0.25, 0.3) is 0 Å². The molecule has 0 unspecified atom stereocenters. The van der Waals surface area contributed by atoms with Crippen molar-refractivity contribution in [3.8, 4) is 0 Å². The topological polar surface area (TPSA) is 54.4 Å². The molecule has 0 bridgehead atoms. The summed E-state index contributed by atoms with van der Waals surface area (Å²) in [6, 6.07) is 4.63. The normalized spacial score (nSPS) is 9.86. The maximum Gasteiger partial charge on any atom is 0.307 e. The van der Waals surface area contributed by atoms with Crippen molar-refractivity contribution in [3.63, 3.8) is 0 Å². The van der Waals surface area contributed by atoms with Gasteiger partial charge >= 0.3 is 5.97 Å². The number of carbonyl (C=O) groups is 2. The number of aliphatic carboxylic acids is 1. The molecule has 0 heterocycles. The summed E-state index contributed by atoms with van der Waals surface area (Å²) in [5.74, 6) is -1.03. The molecule has 1 N–H and O–H groups in total. The van der Waals surface area contributed by atoms with E-state index in [4.69, 9.17) is 16.7 Å². The third kappa shape index (κ3) is 2.57. The lowest BCUT2D eigenvalue weighted by Crippen LogP contribution is -2.01. The second kappa shape index (κ2) is 4.24. The summed E-state index contributed by atoms with van der Waals surface area (Å²) in [7, 11) is 0. The molecule has 0 aliphatic heterocycles. The van der Waals surface area contributed by atoms with Crippen molar-refractivity contribution < 1.29 is 14.7 Å². The molecule has 0 saturated heterocycles. The molecule has 1 aromatic carbocycles. The van der Waals surface area contributed by atoms with E-state index in [1.165, 1.54) is 13.0 Å². The molecule has 1 rings (SSSR count). The van der Waals surface area contributed by atoms with Crippen molar-refractivity contribution in [2.75, 3.05) is 0 Å². The molecule has 0 fully saturated rings. The Balaban J connectivity index is 3.01. The summed E-state index contributed by atoms with van der Waals surface area (Å²) in [4.78, 5) is 21.4. The summed E-state index contributed by atoms with van der Waals surface area (Å²) < 4.78 is 0. The Labute approximate surface area is 86.3 Å². The van der Waals surface area contributed by atoms with Gasteiger partial charge in [0, 0.05) is 10.6 Å². The van der Waals surface area contributed by atoms with Gasteiger partial charge in [0.05, 0.1) is 6.42 Å². The van der Waals surface area contributed by atoms with Crippen LogP contribution in [0, 0.1) is 0 Å². The zero-order valence-corrected chi connectivity index (χ0v) is 8.34. The van der Waals surface area contributed by atoms with Crippen LogP contribution in [0.1, 0.15) is 22.8 Å². The SMILES string of the molecule is CC(=O)c1ccc(CC(=O)O)c(Cl)c1. The van der Waals surface area contributed by atoms with Crippen molar-refractivity contribution in [3.05, 3.63) is 34.3 Å². The first kappa shape index (κ1) is 10.7.